The van der Waals surface area contributed by atoms with Crippen molar-refractivity contribution >= 4 is 45.9 Å². The van der Waals surface area contributed by atoms with Crippen LogP contribution in [-0.4, -0.2) is 99.8 Å². The Morgan fingerprint density at radius 1 is 1.11 bits per heavy atom. The number of carboxylic acid groups (broad SMARTS) is 1. The number of nitrogens with zero attached hydrogens (tertiary/aromatic N) is 1. The fourth-order valence-electron chi connectivity index (χ4n) is 3.20. The third-order valence-corrected chi connectivity index (χ3v) is 8.19. The highest BCUT2D eigenvalue weighted by molar-refractivity contribution is 8.78. The van der Waals surface area contributed by atoms with E-state index in [1.165, 1.54) is 15.7 Å². The maximum atomic E-state index is 12.4. The Morgan fingerprint density at radius 2 is 1.82 bits per heavy atom. The molecule has 0 aromatic rings. The normalized spacial score (nSPS) is 22.0. The first-order valence-electron chi connectivity index (χ1n) is 12.4. The van der Waals surface area contributed by atoms with Crippen LogP contribution in [-0.2, 0) is 33.4 Å². The van der Waals surface area contributed by atoms with Gasteiger partial charge in [0.2, 0.25) is 6.41 Å². The number of carboxylic acids is 1. The molecule has 1 heterocycles. The molecule has 1 amide bonds. The number of aliphatic hydroxyl groups excluding tert-OH is 3. The lowest BCUT2D eigenvalue weighted by Crippen LogP contribution is -2.49. The summed E-state index contributed by atoms with van der Waals surface area (Å²) in [6.07, 6.45) is -3.30. The van der Waals surface area contributed by atoms with E-state index in [1.807, 2.05) is 0 Å². The summed E-state index contributed by atoms with van der Waals surface area (Å²) in [7, 11) is 3.01. The zero-order valence-corrected chi connectivity index (χ0v) is 23.6. The maximum absolute atomic E-state index is 12.4. The highest BCUT2D eigenvalue weighted by Crippen LogP contribution is 2.36. The number of allylic oxidation sites excluding steroid dienone is 1. The zero-order valence-electron chi connectivity index (χ0n) is 21.9. The van der Waals surface area contributed by atoms with E-state index >= 15 is 0 Å². The minimum atomic E-state index is -1.60. The van der Waals surface area contributed by atoms with Crippen LogP contribution < -0.4 is 0 Å². The number of rotatable bonds is 18. The third kappa shape index (κ3) is 13.8. The Hall–Kier alpha value is -1.84. The average molecular weight is 582 g/mol. The fourth-order valence-corrected chi connectivity index (χ4v) is 5.97. The summed E-state index contributed by atoms with van der Waals surface area (Å²) in [5, 5.41) is 37.5. The quantitative estimate of drug-likeness (QED) is 0.0795. The second-order valence-corrected chi connectivity index (χ2v) is 11.7. The van der Waals surface area contributed by atoms with Crippen molar-refractivity contribution < 1.29 is 53.8 Å². The molecule has 1 aliphatic rings. The van der Waals surface area contributed by atoms with Gasteiger partial charge in [-0.15, -0.1) is 0 Å². The molecule has 4 atom stereocenters. The van der Waals surface area contributed by atoms with Gasteiger partial charge in [0.15, 0.2) is 6.29 Å². The van der Waals surface area contributed by atoms with E-state index in [1.54, 1.807) is 17.7 Å². The number of hydrogen-bond donors (Lipinski definition) is 4. The molecule has 0 aliphatic carbocycles. The number of hydrogen-bond acceptors (Lipinski definition) is 12. The fraction of sp³-hybridized carbons (Fsp3) is 0.750. The molecule has 1 fully saturated rings. The zero-order chi connectivity index (χ0) is 28.7. The molecule has 0 radical (unpaired) electrons. The Labute approximate surface area is 230 Å². The van der Waals surface area contributed by atoms with Crippen molar-refractivity contribution in [2.45, 2.75) is 83.9 Å². The Balaban J connectivity index is 2.72. The van der Waals surface area contributed by atoms with Gasteiger partial charge in [-0.05, 0) is 25.7 Å². The molecule has 0 aromatic carbocycles. The molecule has 4 unspecified atom stereocenters. The van der Waals surface area contributed by atoms with Crippen LogP contribution >= 0.6 is 21.6 Å². The second kappa shape index (κ2) is 18.4. The van der Waals surface area contributed by atoms with Crippen molar-refractivity contribution in [3.8, 4) is 0 Å². The van der Waals surface area contributed by atoms with E-state index in [0.717, 1.165) is 17.1 Å². The largest absolute Gasteiger partial charge is 0.481 e. The first-order valence-corrected chi connectivity index (χ1v) is 14.7. The minimum absolute atomic E-state index is 0.00929. The summed E-state index contributed by atoms with van der Waals surface area (Å²) in [5.41, 5.74) is 0.490. The van der Waals surface area contributed by atoms with Gasteiger partial charge in [-0.3, -0.25) is 19.2 Å². The number of aliphatic carboxylic acids is 1. The maximum Gasteiger partial charge on any atom is 0.326 e. The van der Waals surface area contributed by atoms with E-state index in [9.17, 15) is 34.5 Å². The molecule has 0 spiro atoms. The Kier molecular flexibility index (Phi) is 16.6. The first-order chi connectivity index (χ1) is 17.9. The lowest BCUT2D eigenvalue weighted by atomic mass is 10.0. The summed E-state index contributed by atoms with van der Waals surface area (Å²) >= 11 is 0. The number of ether oxygens (including phenoxy) is 3. The van der Waals surface area contributed by atoms with Crippen LogP contribution in [0.1, 0.15) is 59.3 Å². The lowest BCUT2D eigenvalue weighted by Gasteiger charge is -2.34. The van der Waals surface area contributed by atoms with Crippen molar-refractivity contribution in [2.75, 3.05) is 25.5 Å². The van der Waals surface area contributed by atoms with Crippen LogP contribution in [0, 0.1) is 5.92 Å². The number of aliphatic hydroxyl groups is 3. The predicted molar refractivity (Wildman–Crippen MR) is 141 cm³/mol. The third-order valence-electron chi connectivity index (χ3n) is 5.52. The van der Waals surface area contributed by atoms with Crippen LogP contribution in [0.2, 0.25) is 0 Å². The van der Waals surface area contributed by atoms with E-state index in [0.29, 0.717) is 24.4 Å². The number of carbonyl (C=O) groups is 4. The highest BCUT2D eigenvalue weighted by atomic mass is 33.1. The van der Waals surface area contributed by atoms with Gasteiger partial charge in [-0.1, -0.05) is 35.4 Å². The standard InChI is InChI=1S/C24H39NO11S2/c1-15(2)8-10-37-38-19(7-9-34-21(30)6-4-5-20(28)29)16(3)25(14-26)12-22(31)35-13-17-11-18(27)23(32)24(33)36-17/h14-15,17-18,23-24,27,32-33H,4-13H2,1-3H3,(H,28,29)/b19-16-. The van der Waals surface area contributed by atoms with E-state index < -0.39 is 49.1 Å². The van der Waals surface area contributed by atoms with Crippen molar-refractivity contribution in [1.29, 1.82) is 0 Å². The van der Waals surface area contributed by atoms with Crippen LogP contribution in [0.5, 0.6) is 0 Å². The summed E-state index contributed by atoms with van der Waals surface area (Å²) in [6, 6.07) is 0. The van der Waals surface area contributed by atoms with Crippen LogP contribution in [0.4, 0.5) is 0 Å². The summed E-state index contributed by atoms with van der Waals surface area (Å²) < 4.78 is 15.5. The van der Waals surface area contributed by atoms with Gasteiger partial charge in [0.1, 0.15) is 19.3 Å². The molecular formula is C24H39NO11S2. The van der Waals surface area contributed by atoms with Crippen molar-refractivity contribution in [3.05, 3.63) is 10.6 Å². The van der Waals surface area contributed by atoms with Gasteiger partial charge in [0.25, 0.3) is 0 Å². The number of esters is 2. The van der Waals surface area contributed by atoms with Gasteiger partial charge in [0.05, 0.1) is 18.8 Å². The molecule has 14 heteroatoms. The minimum Gasteiger partial charge on any atom is -0.481 e. The van der Waals surface area contributed by atoms with Crippen LogP contribution in [0.3, 0.4) is 0 Å². The van der Waals surface area contributed by atoms with Crippen molar-refractivity contribution in [2.24, 2.45) is 5.92 Å². The second-order valence-electron chi connectivity index (χ2n) is 9.17. The van der Waals surface area contributed by atoms with E-state index in [2.05, 4.69) is 13.8 Å². The SMILES string of the molecule is C/C(=C(\CCOC(=O)CCCC(=O)O)SSCCC(C)C)N(C=O)CC(=O)OCC1CC(O)C(O)C(O)O1. The monoisotopic (exact) mass is 581 g/mol. The summed E-state index contributed by atoms with van der Waals surface area (Å²) in [6.45, 7) is 5.24. The first kappa shape index (κ1) is 34.2. The molecule has 1 rings (SSSR count). The number of carbonyl (C=O) groups excluding carboxylic acids is 3. The average Bonchev–Trinajstić information content (AvgIpc) is 2.85. The molecule has 1 aliphatic heterocycles. The molecule has 218 valence electrons. The molecule has 0 aromatic heterocycles. The van der Waals surface area contributed by atoms with Crippen LogP contribution in [0.25, 0.3) is 0 Å². The smallest absolute Gasteiger partial charge is 0.326 e. The predicted octanol–water partition coefficient (Wildman–Crippen LogP) is 1.66. The summed E-state index contributed by atoms with van der Waals surface area (Å²) in [5.74, 6) is -0.865. The van der Waals surface area contributed by atoms with Gasteiger partial charge in [-0.25, -0.2) is 0 Å². The van der Waals surface area contributed by atoms with Crippen molar-refractivity contribution in [3.63, 3.8) is 0 Å². The van der Waals surface area contributed by atoms with E-state index in [4.69, 9.17) is 19.3 Å². The molecule has 38 heavy (non-hydrogen) atoms. The molecular weight excluding hydrogens is 542 g/mol. The molecule has 0 bridgehead atoms. The van der Waals surface area contributed by atoms with Gasteiger partial charge in [0, 0.05) is 42.0 Å². The molecule has 0 saturated carbocycles. The topological polar surface area (TPSA) is 180 Å². The molecule has 4 N–H and O–H groups in total. The van der Waals surface area contributed by atoms with Gasteiger partial charge in [-0.2, -0.15) is 0 Å². The Morgan fingerprint density at radius 3 is 2.42 bits per heavy atom. The van der Waals surface area contributed by atoms with Gasteiger partial charge < -0.3 is 39.5 Å². The highest BCUT2D eigenvalue weighted by Gasteiger charge is 2.36. The van der Waals surface area contributed by atoms with Gasteiger partial charge >= 0.3 is 17.9 Å². The van der Waals surface area contributed by atoms with E-state index in [-0.39, 0.29) is 38.9 Å². The molecule has 12 nitrogen and oxygen atoms in total. The Bertz CT molecular complexity index is 796. The summed E-state index contributed by atoms with van der Waals surface area (Å²) in [4.78, 5) is 48.6. The van der Waals surface area contributed by atoms with Crippen LogP contribution in [0.15, 0.2) is 10.6 Å². The molecule has 1 saturated heterocycles. The lowest BCUT2D eigenvalue weighted by molar-refractivity contribution is -0.253. The van der Waals surface area contributed by atoms with Crippen molar-refractivity contribution in [1.82, 2.24) is 4.90 Å². The number of amides is 1.